The summed E-state index contributed by atoms with van der Waals surface area (Å²) in [5, 5.41) is 0. The van der Waals surface area contributed by atoms with Gasteiger partial charge in [0.2, 0.25) is 0 Å². The molecular formula is C29H38O2. The van der Waals surface area contributed by atoms with Crippen LogP contribution < -0.4 is 0 Å². The molecule has 0 saturated heterocycles. The monoisotopic (exact) mass is 418 g/mol. The van der Waals surface area contributed by atoms with Crippen molar-refractivity contribution in [2.45, 2.75) is 74.1 Å². The maximum absolute atomic E-state index is 12.7. The van der Waals surface area contributed by atoms with Gasteiger partial charge < -0.3 is 0 Å². The average molecular weight is 419 g/mol. The van der Waals surface area contributed by atoms with Crippen molar-refractivity contribution in [2.75, 3.05) is 0 Å². The van der Waals surface area contributed by atoms with Crippen molar-refractivity contribution in [2.24, 2.45) is 33.5 Å². The van der Waals surface area contributed by atoms with E-state index in [1.54, 1.807) is 0 Å². The summed E-state index contributed by atoms with van der Waals surface area (Å²) in [6.07, 6.45) is 6.55. The van der Waals surface area contributed by atoms with E-state index in [-0.39, 0.29) is 21.7 Å². The largest absolute Gasteiger partial charge is 0.294 e. The van der Waals surface area contributed by atoms with Crippen LogP contribution in [0.4, 0.5) is 0 Å². The third-order valence-corrected chi connectivity index (χ3v) is 10.2. The molecule has 4 saturated carbocycles. The summed E-state index contributed by atoms with van der Waals surface area (Å²) in [7, 11) is 0. The SMILES string of the molecule is C=C1C(=O)C2(C)CCC1C2(C)C.Cc1ccc(C=C2C(=O)C3(C)CCC2C3(C)C)cc1. The number of carbonyl (C=O) groups excluding carboxylic acids is 2. The molecule has 0 radical (unpaired) electrons. The van der Waals surface area contributed by atoms with Gasteiger partial charge in [-0.1, -0.05) is 78.0 Å². The number of rotatable bonds is 1. The van der Waals surface area contributed by atoms with Crippen LogP contribution in [0.2, 0.25) is 0 Å². The zero-order valence-corrected chi connectivity index (χ0v) is 20.4. The van der Waals surface area contributed by atoms with Gasteiger partial charge in [0.1, 0.15) is 0 Å². The Kier molecular flexibility index (Phi) is 4.86. The topological polar surface area (TPSA) is 34.1 Å². The summed E-state index contributed by atoms with van der Waals surface area (Å²) in [5.41, 5.74) is 4.37. The third kappa shape index (κ3) is 2.82. The van der Waals surface area contributed by atoms with Crippen LogP contribution in [0.15, 0.2) is 42.0 Å². The van der Waals surface area contributed by atoms with E-state index >= 15 is 0 Å². The molecule has 5 rings (SSSR count). The summed E-state index contributed by atoms with van der Waals surface area (Å²) < 4.78 is 0. The first-order valence-corrected chi connectivity index (χ1v) is 11.8. The van der Waals surface area contributed by atoms with Gasteiger partial charge in [-0.05, 0) is 78.1 Å². The third-order valence-electron chi connectivity index (χ3n) is 10.2. The van der Waals surface area contributed by atoms with Gasteiger partial charge in [0.15, 0.2) is 11.6 Å². The molecule has 0 N–H and O–H groups in total. The van der Waals surface area contributed by atoms with Crippen LogP contribution in [0.5, 0.6) is 0 Å². The molecule has 0 amide bonds. The van der Waals surface area contributed by atoms with Crippen LogP contribution in [0, 0.1) is 40.4 Å². The highest BCUT2D eigenvalue weighted by Crippen LogP contribution is 2.66. The molecule has 1 aromatic rings. The van der Waals surface area contributed by atoms with E-state index in [9.17, 15) is 9.59 Å². The van der Waals surface area contributed by atoms with Crippen LogP contribution in [-0.4, -0.2) is 11.6 Å². The minimum absolute atomic E-state index is 0.102. The molecule has 4 atom stereocenters. The zero-order chi connectivity index (χ0) is 23.0. The molecule has 0 heterocycles. The number of hydrogen-bond acceptors (Lipinski definition) is 2. The highest BCUT2D eigenvalue weighted by molar-refractivity contribution is 6.08. The Balaban J connectivity index is 0.000000166. The fourth-order valence-corrected chi connectivity index (χ4v) is 6.97. The Morgan fingerprint density at radius 1 is 0.806 bits per heavy atom. The van der Waals surface area contributed by atoms with E-state index in [1.165, 1.54) is 5.56 Å². The number of fused-ring (bicyclic) bond motifs is 4. The van der Waals surface area contributed by atoms with Gasteiger partial charge >= 0.3 is 0 Å². The Bertz CT molecular complexity index is 990. The number of ketones is 2. The number of benzene rings is 1. The summed E-state index contributed by atoms with van der Waals surface area (Å²) in [6.45, 7) is 19.2. The summed E-state index contributed by atoms with van der Waals surface area (Å²) >= 11 is 0. The van der Waals surface area contributed by atoms with Gasteiger partial charge in [-0.25, -0.2) is 0 Å². The molecule has 1 aromatic carbocycles. The average Bonchev–Trinajstić information content (AvgIpc) is 3.18. The predicted molar refractivity (Wildman–Crippen MR) is 128 cm³/mol. The minimum Gasteiger partial charge on any atom is -0.294 e. The van der Waals surface area contributed by atoms with E-state index in [4.69, 9.17) is 0 Å². The molecule has 166 valence electrons. The lowest BCUT2D eigenvalue weighted by atomic mass is 9.70. The molecule has 0 aliphatic heterocycles. The number of allylic oxidation sites excluding steroid dienone is 2. The highest BCUT2D eigenvalue weighted by Gasteiger charge is 2.64. The second-order valence-corrected chi connectivity index (χ2v) is 12.0. The molecule has 4 aliphatic carbocycles. The van der Waals surface area contributed by atoms with Crippen molar-refractivity contribution in [3.63, 3.8) is 0 Å². The smallest absolute Gasteiger partial charge is 0.165 e. The van der Waals surface area contributed by atoms with E-state index in [1.807, 2.05) is 0 Å². The van der Waals surface area contributed by atoms with Crippen molar-refractivity contribution in [1.82, 2.24) is 0 Å². The Hall–Kier alpha value is -1.96. The molecular weight excluding hydrogens is 380 g/mol. The Morgan fingerprint density at radius 2 is 1.29 bits per heavy atom. The number of Topliss-reactive ketones (excluding diaryl/α,β-unsaturated/α-hetero) is 2. The normalized spacial score (nSPS) is 38.0. The van der Waals surface area contributed by atoms with Crippen LogP contribution >= 0.6 is 0 Å². The molecule has 31 heavy (non-hydrogen) atoms. The molecule has 4 aliphatic rings. The van der Waals surface area contributed by atoms with Crippen molar-refractivity contribution in [1.29, 1.82) is 0 Å². The fraction of sp³-hybridized carbons (Fsp3) is 0.586. The van der Waals surface area contributed by atoms with Crippen molar-refractivity contribution >= 4 is 17.6 Å². The Labute approximate surface area is 188 Å². The van der Waals surface area contributed by atoms with E-state index in [0.717, 1.165) is 42.4 Å². The molecule has 4 bridgehead atoms. The van der Waals surface area contributed by atoms with Gasteiger partial charge in [0, 0.05) is 10.8 Å². The van der Waals surface area contributed by atoms with Gasteiger partial charge in [-0.15, -0.1) is 0 Å². The van der Waals surface area contributed by atoms with Crippen molar-refractivity contribution in [3.05, 3.63) is 53.1 Å². The lowest BCUT2D eigenvalue weighted by Crippen LogP contribution is -2.32. The van der Waals surface area contributed by atoms with E-state index in [0.29, 0.717) is 23.4 Å². The van der Waals surface area contributed by atoms with Gasteiger partial charge in [-0.2, -0.15) is 0 Å². The molecule has 0 spiro atoms. The van der Waals surface area contributed by atoms with Crippen LogP contribution in [0.1, 0.15) is 78.4 Å². The van der Waals surface area contributed by atoms with Crippen molar-refractivity contribution < 1.29 is 9.59 Å². The lowest BCUT2D eigenvalue weighted by molar-refractivity contribution is -0.126. The van der Waals surface area contributed by atoms with Crippen LogP contribution in [0.3, 0.4) is 0 Å². The van der Waals surface area contributed by atoms with Gasteiger partial charge in [0.25, 0.3) is 0 Å². The second-order valence-electron chi connectivity index (χ2n) is 12.0. The second kappa shape index (κ2) is 6.77. The maximum atomic E-state index is 12.7. The molecule has 0 aromatic heterocycles. The first-order valence-electron chi connectivity index (χ1n) is 11.8. The standard InChI is InChI=1S/C18H22O.C11H16O/c1-12-5-7-13(8-6-12)11-14-15-9-10-18(4,16(14)19)17(15,2)3;1-7-8-5-6-11(4,9(7)12)10(8,2)3/h5-8,11,15H,9-10H2,1-4H3;8H,1,5-6H2,2-4H3. The lowest BCUT2D eigenvalue weighted by Gasteiger charge is -2.31. The Morgan fingerprint density at radius 3 is 1.68 bits per heavy atom. The highest BCUT2D eigenvalue weighted by atomic mass is 16.1. The predicted octanol–water partition coefficient (Wildman–Crippen LogP) is 6.97. The molecule has 2 nitrogen and oxygen atoms in total. The molecule has 2 heteroatoms. The summed E-state index contributed by atoms with van der Waals surface area (Å²) in [4.78, 5) is 24.5. The quantitative estimate of drug-likeness (QED) is 0.461. The minimum atomic E-state index is -0.145. The molecule has 4 fully saturated rings. The summed E-state index contributed by atoms with van der Waals surface area (Å²) in [5.74, 6) is 1.60. The first-order chi connectivity index (χ1) is 14.3. The molecule has 4 unspecified atom stereocenters. The van der Waals surface area contributed by atoms with Gasteiger partial charge in [-0.3, -0.25) is 9.59 Å². The van der Waals surface area contributed by atoms with E-state index in [2.05, 4.69) is 85.4 Å². The van der Waals surface area contributed by atoms with Crippen LogP contribution in [-0.2, 0) is 9.59 Å². The number of hydrogen-bond donors (Lipinski definition) is 0. The number of carbonyl (C=O) groups is 2. The fourth-order valence-electron chi connectivity index (χ4n) is 6.97. The van der Waals surface area contributed by atoms with E-state index < -0.39 is 0 Å². The van der Waals surface area contributed by atoms with Crippen LogP contribution in [0.25, 0.3) is 6.08 Å². The maximum Gasteiger partial charge on any atom is 0.165 e. The first kappa shape index (κ1) is 22.2. The summed E-state index contributed by atoms with van der Waals surface area (Å²) in [6, 6.07) is 8.43. The van der Waals surface area contributed by atoms with Gasteiger partial charge in [0.05, 0.1) is 0 Å². The van der Waals surface area contributed by atoms with Crippen molar-refractivity contribution in [3.8, 4) is 0 Å². The number of aryl methyl sites for hydroxylation is 1. The zero-order valence-electron chi connectivity index (χ0n) is 20.4.